The van der Waals surface area contributed by atoms with E-state index in [1.807, 2.05) is 0 Å². The van der Waals surface area contributed by atoms with Crippen molar-refractivity contribution in [1.29, 1.82) is 0 Å². The van der Waals surface area contributed by atoms with E-state index in [1.54, 1.807) is 19.0 Å². The summed E-state index contributed by atoms with van der Waals surface area (Å²) in [5, 5.41) is 48.3. The van der Waals surface area contributed by atoms with Crippen molar-refractivity contribution in [2.75, 3.05) is 20.6 Å². The molecule has 4 atom stereocenters. The van der Waals surface area contributed by atoms with Crippen LogP contribution >= 0.6 is 0 Å². The van der Waals surface area contributed by atoms with E-state index < -0.39 is 57.7 Å². The van der Waals surface area contributed by atoms with Gasteiger partial charge < -0.3 is 0 Å². The first-order chi connectivity index (χ1) is 18.9. The number of Topliss-reactive ketones (excluding diaryl/α,β-unsaturated/α-hetero) is 2. The first-order valence-electron chi connectivity index (χ1n) is 13.7. The molecule has 10 nitrogen and oxygen atoms in total. The van der Waals surface area contributed by atoms with Crippen molar-refractivity contribution in [3.63, 3.8) is 0 Å². The van der Waals surface area contributed by atoms with E-state index in [0.717, 1.165) is 25.7 Å². The fourth-order valence-corrected chi connectivity index (χ4v) is 7.24. The summed E-state index contributed by atoms with van der Waals surface area (Å²) in [5.41, 5.74) is 2.52. The second-order valence-corrected chi connectivity index (χ2v) is 11.7. The number of aliphatic hydroxyl groups is 3. The zero-order valence-electron chi connectivity index (χ0n) is 22.7. The topological polar surface area (TPSA) is 173 Å². The molecule has 1 amide bonds. The molecule has 40 heavy (non-hydrogen) atoms. The summed E-state index contributed by atoms with van der Waals surface area (Å²) < 4.78 is 0. The van der Waals surface area contributed by atoms with Gasteiger partial charge in [-0.05, 0) is 12.8 Å². The number of nitrogens with two attached hydrogens (primary N) is 1. The Balaban J connectivity index is 1.57. The first kappa shape index (κ1) is 28.3. The number of nitrogens with zero attached hydrogens (tertiary/aromatic N) is 1. The van der Waals surface area contributed by atoms with Crippen LogP contribution in [0.2, 0.25) is 0 Å². The molecule has 1 aromatic carbocycles. The summed E-state index contributed by atoms with van der Waals surface area (Å²) in [5.74, 6) is -5.13. The molecule has 1 aromatic rings. The summed E-state index contributed by atoms with van der Waals surface area (Å²) in [4.78, 5) is 41.1. The number of aliphatic hydroxyl groups excluding tert-OH is 2. The van der Waals surface area contributed by atoms with Gasteiger partial charge in [-0.15, -0.1) is 0 Å². The normalized spacial score (nSPS) is 28.8. The molecule has 0 aliphatic heterocycles. The average Bonchev–Trinajstić information content (AvgIpc) is 2.89. The number of hydrogen-bond donors (Lipinski definition) is 6. The van der Waals surface area contributed by atoms with Crippen LogP contribution in [-0.4, -0.2) is 94.1 Å². The van der Waals surface area contributed by atoms with Gasteiger partial charge in [0, 0.05) is 0 Å². The van der Waals surface area contributed by atoms with Crippen molar-refractivity contribution in [3.05, 3.63) is 45.7 Å². The Hall–Kier alpha value is -3.28. The number of carbonyl (C=O) groups excluding carboxylic acids is 3. The van der Waals surface area contributed by atoms with Crippen LogP contribution < -0.4 is 11.1 Å². The summed E-state index contributed by atoms with van der Waals surface area (Å²) in [7, 11) is 9.41. The number of hydrogen-bond acceptors (Lipinski definition) is 9. The van der Waals surface area contributed by atoms with Crippen molar-refractivity contribution in [2.24, 2.45) is 17.6 Å². The number of ketones is 2. The van der Waals surface area contributed by atoms with Gasteiger partial charge in [-0.1, -0.05) is 19.3 Å². The number of phenols is 1. The van der Waals surface area contributed by atoms with Crippen molar-refractivity contribution in [1.82, 2.24) is 10.2 Å². The number of primary amides is 1. The number of likely N-dealkylation sites (N-methyl/N-ethyl adjacent to an activating group) is 1. The van der Waals surface area contributed by atoms with Crippen LogP contribution in [0.4, 0.5) is 0 Å². The molecule has 0 saturated heterocycles. The van der Waals surface area contributed by atoms with Gasteiger partial charge in [0.05, 0.1) is 0 Å². The Kier molecular flexibility index (Phi) is 7.26. The summed E-state index contributed by atoms with van der Waals surface area (Å²) in [6, 6.07) is 2.13. The molecule has 1 unspecified atom stereocenters. The maximum atomic E-state index is 14.0. The van der Waals surface area contributed by atoms with E-state index in [0.29, 0.717) is 11.1 Å². The van der Waals surface area contributed by atoms with Gasteiger partial charge >= 0.3 is 201 Å². The van der Waals surface area contributed by atoms with E-state index in [-0.39, 0.29) is 48.1 Å². The van der Waals surface area contributed by atoms with E-state index in [1.165, 1.54) is 18.6 Å². The minimum absolute atomic E-state index is 0.0304. The van der Waals surface area contributed by atoms with Crippen LogP contribution in [0.15, 0.2) is 29.0 Å². The third-order valence-electron chi connectivity index (χ3n) is 9.16. The van der Waals surface area contributed by atoms with Gasteiger partial charge in [0.15, 0.2) is 0 Å². The van der Waals surface area contributed by atoms with E-state index in [4.69, 9.17) is 13.2 Å². The summed E-state index contributed by atoms with van der Waals surface area (Å²) in [6.07, 6.45) is 5.67. The third-order valence-corrected chi connectivity index (χ3v) is 9.16. The predicted octanol–water partition coefficient (Wildman–Crippen LogP) is 0.841. The molecule has 0 bridgehead atoms. The Morgan fingerprint density at radius 2 is 1.82 bits per heavy atom. The van der Waals surface area contributed by atoms with Crippen LogP contribution in [0, 0.1) is 11.8 Å². The Labute approximate surface area is 233 Å². The molecule has 4 aliphatic carbocycles. The molecule has 2 saturated carbocycles. The Bertz CT molecular complexity index is 1380. The Morgan fingerprint density at radius 3 is 2.45 bits per heavy atom. The van der Waals surface area contributed by atoms with Gasteiger partial charge in [-0.2, -0.15) is 0 Å². The van der Waals surface area contributed by atoms with Gasteiger partial charge in [-0.25, -0.2) is 0 Å². The second kappa shape index (κ2) is 10.3. The van der Waals surface area contributed by atoms with Crippen molar-refractivity contribution in [3.8, 4) is 5.75 Å². The number of fused-ring (bicyclic) bond motifs is 3. The SMILES string of the molecule is [B]=C1C(C(N)=O)=C(O)[C@H](N(C)C)C2C[C@@H]3Cc4c(C(=O)CNC5CCCCC5)ccc(O)c4C(O)=C3C(=O)[C@]12O. The quantitative estimate of drug-likeness (QED) is 0.222. The number of phenolic OH excluding ortho intramolecular Hbond substituents is 1. The zero-order valence-corrected chi connectivity index (χ0v) is 22.7. The number of amides is 1. The molecule has 0 aromatic heterocycles. The molecule has 11 heteroatoms. The van der Waals surface area contributed by atoms with Gasteiger partial charge in [0.2, 0.25) is 0 Å². The number of benzene rings is 1. The van der Waals surface area contributed by atoms with Crippen molar-refractivity contribution < 1.29 is 34.8 Å². The molecule has 2 fully saturated rings. The molecular formula is C29H35BN3O7. The summed E-state index contributed by atoms with van der Waals surface area (Å²) >= 11 is 0. The average molecular weight is 548 g/mol. The van der Waals surface area contributed by atoms with E-state index in [9.17, 15) is 34.8 Å². The maximum absolute atomic E-state index is 14.0. The van der Waals surface area contributed by atoms with Crippen LogP contribution in [0.1, 0.15) is 60.0 Å². The van der Waals surface area contributed by atoms with Gasteiger partial charge in [0.25, 0.3) is 0 Å². The number of carbonyl (C=O) groups is 3. The van der Waals surface area contributed by atoms with Crippen LogP contribution in [0.5, 0.6) is 5.75 Å². The summed E-state index contributed by atoms with van der Waals surface area (Å²) in [6.45, 7) is 0.105. The van der Waals surface area contributed by atoms with Crippen LogP contribution in [-0.2, 0) is 16.0 Å². The molecule has 0 spiro atoms. The second-order valence-electron chi connectivity index (χ2n) is 11.7. The molecule has 7 N–H and O–H groups in total. The molecule has 4 aliphatic rings. The van der Waals surface area contributed by atoms with Gasteiger partial charge in [0.1, 0.15) is 0 Å². The fourth-order valence-electron chi connectivity index (χ4n) is 7.24. The number of rotatable bonds is 6. The van der Waals surface area contributed by atoms with Crippen molar-refractivity contribution in [2.45, 2.75) is 62.6 Å². The van der Waals surface area contributed by atoms with E-state index in [2.05, 4.69) is 5.32 Å². The monoisotopic (exact) mass is 548 g/mol. The zero-order chi connectivity index (χ0) is 29.1. The third kappa shape index (κ3) is 4.22. The van der Waals surface area contributed by atoms with Crippen LogP contribution in [0.25, 0.3) is 5.76 Å². The van der Waals surface area contributed by atoms with Gasteiger partial charge in [-0.3, -0.25) is 0 Å². The van der Waals surface area contributed by atoms with E-state index >= 15 is 0 Å². The minimum atomic E-state index is -2.43. The van der Waals surface area contributed by atoms with Crippen molar-refractivity contribution >= 4 is 36.2 Å². The molecule has 0 heterocycles. The first-order valence-corrected chi connectivity index (χ1v) is 13.7. The fraction of sp³-hybridized carbons (Fsp3) is 0.517. The predicted molar refractivity (Wildman–Crippen MR) is 149 cm³/mol. The molecule has 1 radical (unpaired) electrons. The Morgan fingerprint density at radius 1 is 1.15 bits per heavy atom. The number of aromatic hydroxyl groups is 1. The van der Waals surface area contributed by atoms with Crippen LogP contribution in [0.3, 0.4) is 0 Å². The number of nitrogens with one attached hydrogen (secondary N) is 1. The molecule has 211 valence electrons. The standard InChI is InChI=1S/C29H35BN3O7/c1-33(2)23-17-11-13-10-16-15(19(35)12-32-14-6-4-3-5-7-14)8-9-18(34)21(16)24(36)20(13)27(38)29(17,40)26(30)22(25(23)37)28(31)39/h8-9,13-14,17,23,32,34,36-37,40H,3-7,10-12H2,1-2H3,(H2,31,39)/t13-,17?,23+,29+/m0/s1. The molecular weight excluding hydrogens is 513 g/mol. The molecule has 5 rings (SSSR count).